The Morgan fingerprint density at radius 3 is 2.06 bits per heavy atom. The van der Waals surface area contributed by atoms with Crippen LogP contribution in [0.5, 0.6) is 5.75 Å². The van der Waals surface area contributed by atoms with Crippen molar-refractivity contribution in [3.8, 4) is 5.75 Å². The first-order chi connectivity index (χ1) is 16.1. The summed E-state index contributed by atoms with van der Waals surface area (Å²) in [6.07, 6.45) is 0.659. The monoisotopic (exact) mass is 480 g/mol. The maximum Gasteiger partial charge on any atom is 0.264 e. The summed E-state index contributed by atoms with van der Waals surface area (Å²) in [6, 6.07) is 19.3. The van der Waals surface area contributed by atoms with Crippen LogP contribution in [0.4, 0.5) is 5.69 Å². The van der Waals surface area contributed by atoms with Crippen molar-refractivity contribution in [1.82, 2.24) is 5.32 Å². The van der Waals surface area contributed by atoms with E-state index in [2.05, 4.69) is 5.32 Å². The van der Waals surface area contributed by atoms with Gasteiger partial charge in [-0.1, -0.05) is 54.4 Å². The van der Waals surface area contributed by atoms with Crippen LogP contribution in [0.1, 0.15) is 41.6 Å². The second-order valence-electron chi connectivity index (χ2n) is 8.42. The predicted octanol–water partition coefficient (Wildman–Crippen LogP) is 5.08. The zero-order valence-electron chi connectivity index (χ0n) is 20.3. The van der Waals surface area contributed by atoms with Gasteiger partial charge in [0.05, 0.1) is 23.7 Å². The molecule has 34 heavy (non-hydrogen) atoms. The lowest BCUT2D eigenvalue weighted by Gasteiger charge is -2.26. The van der Waals surface area contributed by atoms with Crippen LogP contribution >= 0.6 is 0 Å². The minimum atomic E-state index is -3.95. The Bertz CT molecular complexity index is 1240. The fourth-order valence-electron chi connectivity index (χ4n) is 3.77. The summed E-state index contributed by atoms with van der Waals surface area (Å²) in [5.74, 6) is 0.399. The minimum absolute atomic E-state index is 0.143. The number of amides is 1. The fourth-order valence-corrected chi connectivity index (χ4v) is 5.19. The van der Waals surface area contributed by atoms with Crippen LogP contribution < -0.4 is 14.4 Å². The molecule has 0 aliphatic rings. The van der Waals surface area contributed by atoms with Crippen LogP contribution in [-0.2, 0) is 14.8 Å². The Kier molecular flexibility index (Phi) is 7.99. The number of benzene rings is 3. The number of rotatable bonds is 9. The van der Waals surface area contributed by atoms with Gasteiger partial charge in [0, 0.05) is 0 Å². The first-order valence-corrected chi connectivity index (χ1v) is 12.7. The highest BCUT2D eigenvalue weighted by atomic mass is 32.2. The summed E-state index contributed by atoms with van der Waals surface area (Å²) in [4.78, 5) is 13.3. The van der Waals surface area contributed by atoms with Crippen molar-refractivity contribution in [1.29, 1.82) is 0 Å². The third kappa shape index (κ3) is 5.78. The van der Waals surface area contributed by atoms with Crippen LogP contribution in [0.3, 0.4) is 0 Å². The molecular weight excluding hydrogens is 448 g/mol. The smallest absolute Gasteiger partial charge is 0.264 e. The van der Waals surface area contributed by atoms with Crippen LogP contribution in [0, 0.1) is 20.8 Å². The van der Waals surface area contributed by atoms with Gasteiger partial charge >= 0.3 is 0 Å². The highest BCUT2D eigenvalue weighted by molar-refractivity contribution is 7.92. The number of nitrogens with zero attached hydrogens (tertiary/aromatic N) is 1. The first-order valence-electron chi connectivity index (χ1n) is 11.3. The Labute approximate surface area is 202 Å². The van der Waals surface area contributed by atoms with E-state index in [-0.39, 0.29) is 23.4 Å². The van der Waals surface area contributed by atoms with Crippen molar-refractivity contribution in [2.75, 3.05) is 18.0 Å². The molecule has 3 rings (SSSR count). The van der Waals surface area contributed by atoms with E-state index in [1.165, 1.54) is 4.31 Å². The quantitative estimate of drug-likeness (QED) is 0.463. The first kappa shape index (κ1) is 25.3. The molecule has 0 radical (unpaired) electrons. The normalized spacial score (nSPS) is 12.1. The number of methoxy groups -OCH3 is 1. The largest absolute Gasteiger partial charge is 0.496 e. The molecule has 0 aliphatic heterocycles. The summed E-state index contributed by atoms with van der Waals surface area (Å²) in [5.41, 5.74) is 4.31. The van der Waals surface area contributed by atoms with Crippen molar-refractivity contribution >= 4 is 21.6 Å². The summed E-state index contributed by atoms with van der Waals surface area (Å²) in [6.45, 7) is 7.42. The average molecular weight is 481 g/mol. The molecule has 1 atom stereocenters. The molecule has 3 aromatic rings. The van der Waals surface area contributed by atoms with E-state index >= 15 is 0 Å². The van der Waals surface area contributed by atoms with Crippen LogP contribution in [-0.4, -0.2) is 28.0 Å². The molecule has 0 unspecified atom stereocenters. The number of carbonyl (C=O) groups excluding carboxylic acids is 1. The summed E-state index contributed by atoms with van der Waals surface area (Å²) in [7, 11) is -2.33. The molecule has 0 bridgehead atoms. The van der Waals surface area contributed by atoms with Crippen molar-refractivity contribution in [3.05, 3.63) is 89.0 Å². The van der Waals surface area contributed by atoms with E-state index in [4.69, 9.17) is 4.74 Å². The van der Waals surface area contributed by atoms with Crippen LogP contribution in [0.2, 0.25) is 0 Å². The van der Waals surface area contributed by atoms with Gasteiger partial charge in [-0.05, 0) is 68.7 Å². The van der Waals surface area contributed by atoms with E-state index in [1.807, 2.05) is 58.0 Å². The molecule has 0 saturated carbocycles. The van der Waals surface area contributed by atoms with Gasteiger partial charge in [-0.2, -0.15) is 0 Å². The van der Waals surface area contributed by atoms with Crippen molar-refractivity contribution in [3.63, 3.8) is 0 Å². The minimum Gasteiger partial charge on any atom is -0.496 e. The third-order valence-electron chi connectivity index (χ3n) is 5.78. The maximum absolute atomic E-state index is 13.5. The van der Waals surface area contributed by atoms with Gasteiger partial charge in [-0.25, -0.2) is 8.42 Å². The van der Waals surface area contributed by atoms with Crippen molar-refractivity contribution in [2.24, 2.45) is 0 Å². The average Bonchev–Trinajstić information content (AvgIpc) is 2.82. The molecule has 0 heterocycles. The van der Waals surface area contributed by atoms with Gasteiger partial charge in [-0.15, -0.1) is 0 Å². The second kappa shape index (κ2) is 10.7. The van der Waals surface area contributed by atoms with Gasteiger partial charge in [0.15, 0.2) is 0 Å². The molecule has 1 amide bonds. The van der Waals surface area contributed by atoms with Gasteiger partial charge in [0.1, 0.15) is 12.3 Å². The Balaban J connectivity index is 1.89. The molecule has 7 heteroatoms. The molecule has 0 fully saturated rings. The van der Waals surface area contributed by atoms with E-state index in [9.17, 15) is 13.2 Å². The second-order valence-corrected chi connectivity index (χ2v) is 10.3. The Morgan fingerprint density at radius 2 is 1.53 bits per heavy atom. The number of aryl methyl sites for hydroxylation is 3. The number of ether oxygens (including phenoxy) is 1. The number of hydrogen-bond donors (Lipinski definition) is 1. The third-order valence-corrected chi connectivity index (χ3v) is 7.57. The highest BCUT2D eigenvalue weighted by Gasteiger charge is 2.28. The number of hydrogen-bond acceptors (Lipinski definition) is 4. The lowest BCUT2D eigenvalue weighted by atomic mass is 10.0. The van der Waals surface area contributed by atoms with Gasteiger partial charge in [0.25, 0.3) is 10.0 Å². The predicted molar refractivity (Wildman–Crippen MR) is 136 cm³/mol. The van der Waals surface area contributed by atoms with Gasteiger partial charge in [0.2, 0.25) is 5.91 Å². The van der Waals surface area contributed by atoms with Crippen molar-refractivity contribution < 1.29 is 17.9 Å². The molecular formula is C27H32N2O4S. The summed E-state index contributed by atoms with van der Waals surface area (Å²) in [5, 5.41) is 3.01. The van der Waals surface area contributed by atoms with Crippen LogP contribution in [0.15, 0.2) is 71.6 Å². The molecule has 0 aliphatic carbocycles. The van der Waals surface area contributed by atoms with E-state index in [0.29, 0.717) is 12.1 Å². The Hall–Kier alpha value is -3.32. The zero-order chi connectivity index (χ0) is 24.9. The summed E-state index contributed by atoms with van der Waals surface area (Å²) >= 11 is 0. The van der Waals surface area contributed by atoms with E-state index in [0.717, 1.165) is 28.0 Å². The maximum atomic E-state index is 13.5. The Morgan fingerprint density at radius 1 is 0.941 bits per heavy atom. The highest BCUT2D eigenvalue weighted by Crippen LogP contribution is 2.26. The molecule has 1 N–H and O–H groups in total. The number of nitrogens with one attached hydrogen (secondary N) is 1. The molecule has 0 saturated heterocycles. The number of carbonyl (C=O) groups is 1. The SMILES string of the molecule is CC[C@H](NC(=O)CN(c1ccc(C)cc1)S(=O)(=O)c1ccc(C)cc1)c1ccc(OC)c(C)c1. The number of anilines is 1. The zero-order valence-corrected chi connectivity index (χ0v) is 21.1. The standard InChI is InChI=1S/C27H32N2O4S/c1-6-25(22-11-16-26(33-5)21(4)17-22)28-27(30)18-29(23-12-7-19(2)8-13-23)34(31,32)24-14-9-20(3)10-15-24/h7-17,25H,6,18H2,1-5H3,(H,28,30)/t25-/m0/s1. The molecule has 3 aromatic carbocycles. The molecule has 0 aromatic heterocycles. The van der Waals surface area contributed by atoms with Gasteiger partial charge in [-0.3, -0.25) is 9.10 Å². The van der Waals surface area contributed by atoms with Gasteiger partial charge < -0.3 is 10.1 Å². The van der Waals surface area contributed by atoms with E-state index < -0.39 is 10.0 Å². The summed E-state index contributed by atoms with van der Waals surface area (Å²) < 4.78 is 33.6. The van der Waals surface area contributed by atoms with Crippen molar-refractivity contribution in [2.45, 2.75) is 45.1 Å². The molecule has 6 nitrogen and oxygen atoms in total. The van der Waals surface area contributed by atoms with Crippen LogP contribution in [0.25, 0.3) is 0 Å². The lowest BCUT2D eigenvalue weighted by molar-refractivity contribution is -0.120. The topological polar surface area (TPSA) is 75.7 Å². The molecule has 0 spiro atoms. The molecule has 180 valence electrons. The number of sulfonamides is 1. The fraction of sp³-hybridized carbons (Fsp3) is 0.296. The van der Waals surface area contributed by atoms with E-state index in [1.54, 1.807) is 43.5 Å². The lowest BCUT2D eigenvalue weighted by Crippen LogP contribution is -2.42.